The Morgan fingerprint density at radius 2 is 1.86 bits per heavy atom. The molecule has 21 heavy (non-hydrogen) atoms. The molecule has 0 amide bonds. The van der Waals surface area contributed by atoms with Crippen molar-refractivity contribution >= 4 is 21.6 Å². The normalized spacial score (nSPS) is 16.5. The first-order chi connectivity index (χ1) is 10.1. The number of sulfonamides is 1. The average Bonchev–Trinajstić information content (AvgIpc) is 3.01. The molecule has 0 radical (unpaired) electrons. The Kier molecular flexibility index (Phi) is 5.90. The minimum absolute atomic E-state index is 0.134. The molecule has 2 rings (SSSR count). The Balaban J connectivity index is 2.05. The Hall–Kier alpha value is -0.780. The molecule has 0 bridgehead atoms. The van der Waals surface area contributed by atoms with E-state index < -0.39 is 10.0 Å². The lowest BCUT2D eigenvalue weighted by Gasteiger charge is -2.23. The van der Waals surface area contributed by atoms with Crippen molar-refractivity contribution in [3.8, 4) is 5.75 Å². The van der Waals surface area contributed by atoms with E-state index in [0.29, 0.717) is 23.1 Å². The van der Waals surface area contributed by atoms with Crippen molar-refractivity contribution in [3.05, 3.63) is 24.3 Å². The van der Waals surface area contributed by atoms with Crippen LogP contribution in [0, 0.1) is 0 Å². The van der Waals surface area contributed by atoms with Crippen molar-refractivity contribution in [1.82, 2.24) is 4.31 Å². The Morgan fingerprint density at radius 1 is 1.24 bits per heavy atom. The maximum atomic E-state index is 12.6. The van der Waals surface area contributed by atoms with Crippen molar-refractivity contribution in [2.24, 2.45) is 0 Å². The summed E-state index contributed by atoms with van der Waals surface area (Å²) in [5, 5.41) is 0. The van der Waals surface area contributed by atoms with Crippen LogP contribution in [0.15, 0.2) is 29.2 Å². The lowest BCUT2D eigenvalue weighted by Crippen LogP contribution is -2.35. The summed E-state index contributed by atoms with van der Waals surface area (Å²) < 4.78 is 32.1. The molecule has 0 saturated heterocycles. The molecule has 0 atom stereocenters. The highest BCUT2D eigenvalue weighted by Gasteiger charge is 2.29. The molecule has 1 aromatic rings. The zero-order valence-electron chi connectivity index (χ0n) is 12.3. The van der Waals surface area contributed by atoms with Gasteiger partial charge in [-0.1, -0.05) is 12.8 Å². The molecule has 1 aliphatic carbocycles. The van der Waals surface area contributed by atoms with Crippen LogP contribution >= 0.6 is 11.6 Å². The maximum absolute atomic E-state index is 12.6. The number of hydrogen-bond acceptors (Lipinski definition) is 3. The first-order valence-corrected chi connectivity index (χ1v) is 9.30. The topological polar surface area (TPSA) is 46.6 Å². The number of alkyl halides is 1. The predicted molar refractivity (Wildman–Crippen MR) is 84.5 cm³/mol. The quantitative estimate of drug-likeness (QED) is 0.569. The van der Waals surface area contributed by atoms with Gasteiger partial charge < -0.3 is 4.74 Å². The summed E-state index contributed by atoms with van der Waals surface area (Å²) >= 11 is 5.59. The Bertz CT molecular complexity index is 539. The smallest absolute Gasteiger partial charge is 0.243 e. The molecule has 0 heterocycles. The lowest BCUT2D eigenvalue weighted by atomic mass is 10.3. The SMILES string of the molecule is CN(C1CCCC1)S(=O)(=O)c1ccc(OCCCCl)cc1. The molecular formula is C15H22ClNO3S. The maximum Gasteiger partial charge on any atom is 0.243 e. The number of rotatable bonds is 7. The number of halogens is 1. The lowest BCUT2D eigenvalue weighted by molar-refractivity contribution is 0.318. The largest absolute Gasteiger partial charge is 0.494 e. The van der Waals surface area contributed by atoms with Crippen molar-refractivity contribution < 1.29 is 13.2 Å². The van der Waals surface area contributed by atoms with Crippen molar-refractivity contribution in [2.75, 3.05) is 19.5 Å². The summed E-state index contributed by atoms with van der Waals surface area (Å²) in [4.78, 5) is 0.321. The molecule has 6 heteroatoms. The second-order valence-corrected chi connectivity index (χ2v) is 7.70. The van der Waals surface area contributed by atoms with E-state index in [2.05, 4.69) is 0 Å². The fraction of sp³-hybridized carbons (Fsp3) is 0.600. The summed E-state index contributed by atoms with van der Waals surface area (Å²) in [5.41, 5.74) is 0. The first-order valence-electron chi connectivity index (χ1n) is 7.32. The van der Waals surface area contributed by atoms with Gasteiger partial charge in [-0.15, -0.1) is 11.6 Å². The Labute approximate surface area is 132 Å². The highest BCUT2D eigenvalue weighted by molar-refractivity contribution is 7.89. The van der Waals surface area contributed by atoms with Gasteiger partial charge >= 0.3 is 0 Å². The zero-order valence-corrected chi connectivity index (χ0v) is 13.9. The van der Waals surface area contributed by atoms with Crippen LogP contribution in [0.3, 0.4) is 0 Å². The van der Waals surface area contributed by atoms with Gasteiger partial charge in [0.2, 0.25) is 10.0 Å². The van der Waals surface area contributed by atoms with Crippen LogP contribution in [0.1, 0.15) is 32.1 Å². The van der Waals surface area contributed by atoms with Crippen molar-refractivity contribution in [1.29, 1.82) is 0 Å². The van der Waals surface area contributed by atoms with E-state index in [4.69, 9.17) is 16.3 Å². The summed E-state index contributed by atoms with van der Waals surface area (Å²) in [6, 6.07) is 6.75. The summed E-state index contributed by atoms with van der Waals surface area (Å²) in [7, 11) is -1.73. The first kappa shape index (κ1) is 16.6. The predicted octanol–water partition coefficient (Wildman–Crippen LogP) is 3.26. The molecule has 0 unspecified atom stereocenters. The molecule has 1 aliphatic rings. The molecule has 118 valence electrons. The monoisotopic (exact) mass is 331 g/mol. The van der Waals surface area contributed by atoms with Gasteiger partial charge in [0.15, 0.2) is 0 Å². The van der Waals surface area contributed by atoms with Crippen molar-refractivity contribution in [2.45, 2.75) is 43.0 Å². The minimum atomic E-state index is -3.41. The average molecular weight is 332 g/mol. The van der Waals surface area contributed by atoms with Gasteiger partial charge in [-0.25, -0.2) is 8.42 Å². The molecular weight excluding hydrogens is 310 g/mol. The molecule has 0 N–H and O–H groups in total. The molecule has 4 nitrogen and oxygen atoms in total. The van der Waals surface area contributed by atoms with E-state index in [0.717, 1.165) is 32.1 Å². The fourth-order valence-corrected chi connectivity index (χ4v) is 4.11. The highest BCUT2D eigenvalue weighted by atomic mass is 35.5. The third-order valence-electron chi connectivity index (χ3n) is 3.89. The van der Waals surface area contributed by atoms with E-state index in [-0.39, 0.29) is 6.04 Å². The fourth-order valence-electron chi connectivity index (χ4n) is 2.58. The highest BCUT2D eigenvalue weighted by Crippen LogP contribution is 2.27. The standard InChI is InChI=1S/C15H22ClNO3S/c1-17(13-5-2-3-6-13)21(18,19)15-9-7-14(8-10-15)20-12-4-11-16/h7-10,13H,2-6,11-12H2,1H3. The van der Waals surface area contributed by atoms with E-state index in [1.165, 1.54) is 4.31 Å². The zero-order chi connectivity index (χ0) is 15.3. The van der Waals surface area contributed by atoms with E-state index >= 15 is 0 Å². The van der Waals surface area contributed by atoms with E-state index in [9.17, 15) is 8.42 Å². The van der Waals surface area contributed by atoms with Gasteiger partial charge in [-0.05, 0) is 43.5 Å². The number of ether oxygens (including phenoxy) is 1. The molecule has 0 aliphatic heterocycles. The third-order valence-corrected chi connectivity index (χ3v) is 6.08. The van der Waals surface area contributed by atoms with Gasteiger partial charge in [-0.2, -0.15) is 4.31 Å². The van der Waals surface area contributed by atoms with Crippen LogP contribution in [0.25, 0.3) is 0 Å². The van der Waals surface area contributed by atoms with Gasteiger partial charge in [0.1, 0.15) is 5.75 Å². The molecule has 1 fully saturated rings. The van der Waals surface area contributed by atoms with Crippen LogP contribution in [-0.2, 0) is 10.0 Å². The van der Waals surface area contributed by atoms with Gasteiger partial charge in [-0.3, -0.25) is 0 Å². The van der Waals surface area contributed by atoms with Crippen LogP contribution < -0.4 is 4.74 Å². The van der Waals surface area contributed by atoms with Crippen LogP contribution in [0.5, 0.6) is 5.75 Å². The Morgan fingerprint density at radius 3 is 2.43 bits per heavy atom. The molecule has 1 aromatic carbocycles. The number of nitrogens with zero attached hydrogens (tertiary/aromatic N) is 1. The second kappa shape index (κ2) is 7.47. The summed E-state index contributed by atoms with van der Waals surface area (Å²) in [5.74, 6) is 1.22. The van der Waals surface area contributed by atoms with Crippen LogP contribution in [0.2, 0.25) is 0 Å². The minimum Gasteiger partial charge on any atom is -0.494 e. The van der Waals surface area contributed by atoms with E-state index in [1.54, 1.807) is 31.3 Å². The van der Waals surface area contributed by atoms with Gasteiger partial charge in [0, 0.05) is 19.0 Å². The van der Waals surface area contributed by atoms with Gasteiger partial charge in [0.05, 0.1) is 11.5 Å². The van der Waals surface area contributed by atoms with Crippen LogP contribution in [0.4, 0.5) is 0 Å². The molecule has 0 spiro atoms. The number of hydrogen-bond donors (Lipinski definition) is 0. The van der Waals surface area contributed by atoms with Crippen molar-refractivity contribution in [3.63, 3.8) is 0 Å². The molecule has 1 saturated carbocycles. The molecule has 0 aromatic heterocycles. The second-order valence-electron chi connectivity index (χ2n) is 5.32. The number of benzene rings is 1. The van der Waals surface area contributed by atoms with E-state index in [1.807, 2.05) is 0 Å². The van der Waals surface area contributed by atoms with Gasteiger partial charge in [0.25, 0.3) is 0 Å². The van der Waals surface area contributed by atoms with Crippen LogP contribution in [-0.4, -0.2) is 38.3 Å². The summed E-state index contributed by atoms with van der Waals surface area (Å²) in [6.07, 6.45) is 4.90. The third kappa shape index (κ3) is 4.11. The summed E-state index contributed by atoms with van der Waals surface area (Å²) in [6.45, 7) is 0.539.